The van der Waals surface area contributed by atoms with E-state index in [0.29, 0.717) is 11.8 Å². The van der Waals surface area contributed by atoms with Crippen LogP contribution in [-0.4, -0.2) is 29.8 Å². The molecule has 1 saturated heterocycles. The van der Waals surface area contributed by atoms with Gasteiger partial charge in [0.25, 0.3) is 0 Å². The Bertz CT molecular complexity index is 212. The summed E-state index contributed by atoms with van der Waals surface area (Å²) >= 11 is 5.84. The number of hydrogen-bond donors (Lipinski definition) is 0. The normalized spacial score (nSPS) is 17.4. The summed E-state index contributed by atoms with van der Waals surface area (Å²) in [5.41, 5.74) is 0. The number of rotatable bonds is 7. The van der Waals surface area contributed by atoms with Gasteiger partial charge in [-0.25, -0.2) is 0 Å². The number of amides is 1. The molecule has 0 N–H and O–H groups in total. The Hall–Kier alpha value is -0.240. The first-order valence-corrected chi connectivity index (χ1v) is 7.65. The first-order valence-electron chi connectivity index (χ1n) is 7.11. The predicted molar refractivity (Wildman–Crippen MR) is 73.4 cm³/mol. The molecule has 0 bridgehead atoms. The average molecular weight is 260 g/mol. The van der Waals surface area contributed by atoms with Crippen LogP contribution in [0.25, 0.3) is 0 Å². The lowest BCUT2D eigenvalue weighted by Gasteiger charge is -2.31. The van der Waals surface area contributed by atoms with E-state index >= 15 is 0 Å². The number of carbonyl (C=O) groups excluding carboxylic acids is 1. The molecule has 0 atom stereocenters. The second-order valence-corrected chi connectivity index (χ2v) is 5.45. The van der Waals surface area contributed by atoms with Crippen molar-refractivity contribution in [2.75, 3.05) is 19.0 Å². The van der Waals surface area contributed by atoms with Gasteiger partial charge in [-0.15, -0.1) is 11.6 Å². The lowest BCUT2D eigenvalue weighted by molar-refractivity contribution is -0.132. The summed E-state index contributed by atoms with van der Waals surface area (Å²) in [6.07, 6.45) is 9.03. The molecule has 1 rings (SSSR count). The van der Waals surface area contributed by atoms with Gasteiger partial charge in [0, 0.05) is 25.4 Å². The monoisotopic (exact) mass is 259 g/mol. The molecule has 0 radical (unpaired) electrons. The fourth-order valence-electron chi connectivity index (χ4n) is 2.37. The highest BCUT2D eigenvalue weighted by atomic mass is 35.5. The Kier molecular flexibility index (Phi) is 7.67. The third kappa shape index (κ3) is 5.76. The van der Waals surface area contributed by atoms with E-state index < -0.39 is 0 Å². The minimum atomic E-state index is 0.356. The zero-order valence-corrected chi connectivity index (χ0v) is 11.8. The molecule has 0 spiro atoms. The number of carbonyl (C=O) groups is 1. The van der Waals surface area contributed by atoms with E-state index in [-0.39, 0.29) is 0 Å². The van der Waals surface area contributed by atoms with E-state index in [4.69, 9.17) is 11.6 Å². The van der Waals surface area contributed by atoms with Gasteiger partial charge in [-0.1, -0.05) is 32.6 Å². The molecular formula is C14H26ClNO. The molecule has 1 aliphatic rings. The molecular weight excluding hydrogens is 234 g/mol. The second kappa shape index (κ2) is 8.79. The maximum atomic E-state index is 11.9. The Morgan fingerprint density at radius 1 is 1.18 bits per heavy atom. The van der Waals surface area contributed by atoms with Gasteiger partial charge in [0.05, 0.1) is 0 Å². The topological polar surface area (TPSA) is 20.3 Å². The van der Waals surface area contributed by atoms with Gasteiger partial charge in [-0.2, -0.15) is 0 Å². The first kappa shape index (κ1) is 14.8. The molecule has 1 aliphatic heterocycles. The van der Waals surface area contributed by atoms with Crippen LogP contribution in [-0.2, 0) is 4.79 Å². The van der Waals surface area contributed by atoms with Crippen LogP contribution in [0.15, 0.2) is 0 Å². The van der Waals surface area contributed by atoms with E-state index in [9.17, 15) is 4.79 Å². The largest absolute Gasteiger partial charge is 0.343 e. The van der Waals surface area contributed by atoms with Crippen LogP contribution in [0.2, 0.25) is 0 Å². The van der Waals surface area contributed by atoms with Crippen molar-refractivity contribution in [3.05, 3.63) is 0 Å². The highest BCUT2D eigenvalue weighted by Gasteiger charge is 2.21. The van der Waals surface area contributed by atoms with E-state index in [1.807, 2.05) is 4.90 Å². The fourth-order valence-corrected chi connectivity index (χ4v) is 2.68. The van der Waals surface area contributed by atoms with Gasteiger partial charge in [0.1, 0.15) is 0 Å². The summed E-state index contributed by atoms with van der Waals surface area (Å²) in [6, 6.07) is 0. The Morgan fingerprint density at radius 2 is 1.82 bits per heavy atom. The van der Waals surface area contributed by atoms with Gasteiger partial charge in [0.15, 0.2) is 0 Å². The molecule has 1 amide bonds. The van der Waals surface area contributed by atoms with Crippen LogP contribution in [0.1, 0.15) is 58.3 Å². The molecule has 100 valence electrons. The molecule has 0 aliphatic carbocycles. The number of unbranched alkanes of at least 4 members (excludes halogenated alkanes) is 4. The summed E-state index contributed by atoms with van der Waals surface area (Å²) in [4.78, 5) is 13.9. The van der Waals surface area contributed by atoms with Crippen molar-refractivity contribution < 1.29 is 4.79 Å². The molecule has 17 heavy (non-hydrogen) atoms. The van der Waals surface area contributed by atoms with Crippen molar-refractivity contribution >= 4 is 17.5 Å². The van der Waals surface area contributed by atoms with Gasteiger partial charge in [-0.05, 0) is 25.2 Å². The van der Waals surface area contributed by atoms with Gasteiger partial charge < -0.3 is 4.90 Å². The predicted octanol–water partition coefficient (Wildman–Crippen LogP) is 3.82. The van der Waals surface area contributed by atoms with Crippen molar-refractivity contribution in [1.82, 2.24) is 4.90 Å². The third-order valence-corrected chi connectivity index (χ3v) is 4.12. The summed E-state index contributed by atoms with van der Waals surface area (Å²) in [5, 5.41) is 0. The maximum absolute atomic E-state index is 11.9. The van der Waals surface area contributed by atoms with Crippen molar-refractivity contribution in [2.45, 2.75) is 58.3 Å². The molecule has 0 aromatic heterocycles. The van der Waals surface area contributed by atoms with Crippen molar-refractivity contribution in [2.24, 2.45) is 5.92 Å². The molecule has 0 unspecified atom stereocenters. The highest BCUT2D eigenvalue weighted by molar-refractivity contribution is 6.18. The van der Waals surface area contributed by atoms with Gasteiger partial charge in [-0.3, -0.25) is 4.79 Å². The average Bonchev–Trinajstić information content (AvgIpc) is 2.38. The van der Waals surface area contributed by atoms with Gasteiger partial charge in [0.2, 0.25) is 5.91 Å². The number of nitrogens with zero attached hydrogens (tertiary/aromatic N) is 1. The van der Waals surface area contributed by atoms with Gasteiger partial charge >= 0.3 is 0 Å². The second-order valence-electron chi connectivity index (χ2n) is 5.14. The van der Waals surface area contributed by atoms with Crippen LogP contribution in [0.4, 0.5) is 0 Å². The molecule has 0 aromatic carbocycles. The molecule has 2 nitrogen and oxygen atoms in total. The standard InChI is InChI=1S/C14H26ClNO/c1-2-3-4-5-6-7-14(17)16-10-8-13(12-15)9-11-16/h13H,2-12H2,1H3. The lowest BCUT2D eigenvalue weighted by atomic mass is 9.98. The van der Waals surface area contributed by atoms with Crippen LogP contribution in [0.5, 0.6) is 0 Å². The number of hydrogen-bond acceptors (Lipinski definition) is 1. The zero-order valence-electron chi connectivity index (χ0n) is 11.1. The zero-order chi connectivity index (χ0) is 12.5. The first-order chi connectivity index (χ1) is 8.27. The molecule has 1 heterocycles. The lowest BCUT2D eigenvalue weighted by Crippen LogP contribution is -2.38. The molecule has 0 aromatic rings. The molecule has 0 saturated carbocycles. The number of alkyl halides is 1. The van der Waals surface area contributed by atoms with Crippen molar-refractivity contribution in [3.63, 3.8) is 0 Å². The van der Waals surface area contributed by atoms with E-state index in [0.717, 1.165) is 44.7 Å². The summed E-state index contributed by atoms with van der Waals surface area (Å²) in [6.45, 7) is 4.06. The highest BCUT2D eigenvalue weighted by Crippen LogP contribution is 2.19. The quantitative estimate of drug-likeness (QED) is 0.503. The van der Waals surface area contributed by atoms with E-state index in [2.05, 4.69) is 6.92 Å². The summed E-state index contributed by atoms with van der Waals surface area (Å²) < 4.78 is 0. The van der Waals surface area contributed by atoms with Crippen LogP contribution in [0, 0.1) is 5.92 Å². The Labute approximate surface area is 111 Å². The number of halogens is 1. The van der Waals surface area contributed by atoms with Crippen LogP contribution < -0.4 is 0 Å². The smallest absolute Gasteiger partial charge is 0.222 e. The summed E-state index contributed by atoms with van der Waals surface area (Å²) in [7, 11) is 0. The summed E-state index contributed by atoms with van der Waals surface area (Å²) in [5.74, 6) is 1.73. The minimum absolute atomic E-state index is 0.356. The number of likely N-dealkylation sites (tertiary alicyclic amines) is 1. The molecule has 3 heteroatoms. The van der Waals surface area contributed by atoms with Crippen molar-refractivity contribution in [1.29, 1.82) is 0 Å². The maximum Gasteiger partial charge on any atom is 0.222 e. The number of piperidine rings is 1. The SMILES string of the molecule is CCCCCCCC(=O)N1CCC(CCl)CC1. The third-order valence-electron chi connectivity index (χ3n) is 3.68. The van der Waals surface area contributed by atoms with Crippen LogP contribution in [0.3, 0.4) is 0 Å². The Morgan fingerprint density at radius 3 is 2.41 bits per heavy atom. The van der Waals surface area contributed by atoms with E-state index in [1.54, 1.807) is 0 Å². The molecule has 1 fully saturated rings. The van der Waals surface area contributed by atoms with Crippen molar-refractivity contribution in [3.8, 4) is 0 Å². The fraction of sp³-hybridized carbons (Fsp3) is 0.929. The van der Waals surface area contributed by atoms with Crippen LogP contribution >= 0.6 is 11.6 Å². The minimum Gasteiger partial charge on any atom is -0.343 e. The Balaban J connectivity index is 2.08. The van der Waals surface area contributed by atoms with E-state index in [1.165, 1.54) is 25.7 Å².